The molecule has 4 rings (SSSR count). The number of aromatic nitrogens is 2. The highest BCUT2D eigenvalue weighted by Gasteiger charge is 2.28. The Morgan fingerprint density at radius 3 is 2.65 bits per heavy atom. The van der Waals surface area contributed by atoms with E-state index in [1.54, 1.807) is 12.3 Å². The van der Waals surface area contributed by atoms with Gasteiger partial charge in [0.1, 0.15) is 11.5 Å². The number of carbonyl (C=O) groups excluding carboxylic acids is 1. The highest BCUT2D eigenvalue weighted by atomic mass is 35.5. The molecular formula is C25H25Cl2N3O4. The molecule has 2 atom stereocenters. The number of ketones is 1. The van der Waals surface area contributed by atoms with E-state index in [9.17, 15) is 4.79 Å². The SMILES string of the molecule is C=CC(=O)C[C@H]1CCOC[C@H]1Nc1ncc2cc(-c3c(Cl)c(OC)cc(OC)c3Cl)ccc2n1. The molecule has 2 aromatic carbocycles. The smallest absolute Gasteiger partial charge is 0.223 e. The fraction of sp³-hybridized carbons (Fsp3) is 0.320. The van der Waals surface area contributed by atoms with Crippen LogP contribution in [0.4, 0.5) is 5.95 Å². The van der Waals surface area contributed by atoms with Crippen molar-refractivity contribution in [2.45, 2.75) is 18.9 Å². The maximum Gasteiger partial charge on any atom is 0.223 e. The third kappa shape index (κ3) is 4.97. The predicted octanol–water partition coefficient (Wildman–Crippen LogP) is 5.58. The van der Waals surface area contributed by atoms with Gasteiger partial charge in [0, 0.05) is 36.2 Å². The topological polar surface area (TPSA) is 82.6 Å². The van der Waals surface area contributed by atoms with Gasteiger partial charge in [0.05, 0.1) is 42.4 Å². The van der Waals surface area contributed by atoms with Crippen molar-refractivity contribution in [1.29, 1.82) is 0 Å². The van der Waals surface area contributed by atoms with E-state index in [4.69, 9.17) is 37.4 Å². The van der Waals surface area contributed by atoms with Crippen LogP contribution in [-0.4, -0.2) is 49.2 Å². The molecule has 7 nitrogen and oxygen atoms in total. The van der Waals surface area contributed by atoms with E-state index in [-0.39, 0.29) is 17.7 Å². The molecule has 3 aromatic rings. The van der Waals surface area contributed by atoms with Gasteiger partial charge in [0.2, 0.25) is 5.95 Å². The van der Waals surface area contributed by atoms with Gasteiger partial charge in [0.25, 0.3) is 0 Å². The van der Waals surface area contributed by atoms with Gasteiger partial charge in [-0.2, -0.15) is 0 Å². The summed E-state index contributed by atoms with van der Waals surface area (Å²) in [6.07, 6.45) is 4.32. The van der Waals surface area contributed by atoms with E-state index in [0.717, 1.165) is 22.9 Å². The van der Waals surface area contributed by atoms with Gasteiger partial charge in [-0.25, -0.2) is 9.97 Å². The predicted molar refractivity (Wildman–Crippen MR) is 134 cm³/mol. The van der Waals surface area contributed by atoms with Crippen LogP contribution in [0.25, 0.3) is 22.0 Å². The van der Waals surface area contributed by atoms with Crippen LogP contribution in [0.3, 0.4) is 0 Å². The van der Waals surface area contributed by atoms with Gasteiger partial charge >= 0.3 is 0 Å². The zero-order chi connectivity index (χ0) is 24.2. The van der Waals surface area contributed by atoms with Crippen molar-refractivity contribution in [2.75, 3.05) is 32.8 Å². The summed E-state index contributed by atoms with van der Waals surface area (Å²) in [5, 5.41) is 4.94. The normalized spacial score (nSPS) is 17.9. The average molecular weight is 502 g/mol. The maximum atomic E-state index is 11.9. The number of nitrogens with one attached hydrogen (secondary N) is 1. The summed E-state index contributed by atoms with van der Waals surface area (Å²) in [6.45, 7) is 4.70. The molecule has 2 heterocycles. The van der Waals surface area contributed by atoms with Crippen molar-refractivity contribution in [2.24, 2.45) is 5.92 Å². The van der Waals surface area contributed by atoms with Gasteiger partial charge in [0.15, 0.2) is 5.78 Å². The Morgan fingerprint density at radius 2 is 1.97 bits per heavy atom. The first kappa shape index (κ1) is 24.3. The van der Waals surface area contributed by atoms with Crippen LogP contribution in [0.5, 0.6) is 11.5 Å². The van der Waals surface area contributed by atoms with Crippen LogP contribution in [0.1, 0.15) is 12.8 Å². The number of hydrogen-bond acceptors (Lipinski definition) is 7. The molecule has 0 amide bonds. The Balaban J connectivity index is 1.63. The molecule has 1 aliphatic rings. The Kier molecular flexibility index (Phi) is 7.56. The van der Waals surface area contributed by atoms with Crippen molar-refractivity contribution in [3.63, 3.8) is 0 Å². The highest BCUT2D eigenvalue weighted by molar-refractivity contribution is 6.41. The van der Waals surface area contributed by atoms with Crippen molar-refractivity contribution in [3.05, 3.63) is 53.2 Å². The molecule has 34 heavy (non-hydrogen) atoms. The molecule has 178 valence electrons. The minimum atomic E-state index is -0.0590. The summed E-state index contributed by atoms with van der Waals surface area (Å²) in [5.74, 6) is 1.57. The first-order valence-electron chi connectivity index (χ1n) is 10.8. The fourth-order valence-electron chi connectivity index (χ4n) is 4.09. The molecule has 1 saturated heterocycles. The highest BCUT2D eigenvalue weighted by Crippen LogP contribution is 2.46. The van der Waals surface area contributed by atoms with Gasteiger partial charge in [-0.1, -0.05) is 35.8 Å². The minimum Gasteiger partial charge on any atom is -0.495 e. The van der Waals surface area contributed by atoms with E-state index in [1.807, 2.05) is 18.2 Å². The Labute approximate surface area is 208 Å². The third-order valence-electron chi connectivity index (χ3n) is 5.95. The lowest BCUT2D eigenvalue weighted by Crippen LogP contribution is -2.40. The molecule has 9 heteroatoms. The Hall–Kier alpha value is -2.87. The Bertz CT molecular complexity index is 1210. The van der Waals surface area contributed by atoms with Gasteiger partial charge in [-0.3, -0.25) is 4.79 Å². The number of rotatable bonds is 8. The molecule has 0 aliphatic carbocycles. The summed E-state index contributed by atoms with van der Waals surface area (Å²) in [6, 6.07) is 7.28. The minimum absolute atomic E-state index is 0.0251. The average Bonchev–Trinajstić information content (AvgIpc) is 2.85. The van der Waals surface area contributed by atoms with Crippen LogP contribution in [0.2, 0.25) is 10.0 Å². The molecule has 1 aromatic heterocycles. The molecule has 1 fully saturated rings. The molecule has 0 bridgehead atoms. The molecule has 1 N–H and O–H groups in total. The standard InChI is InChI=1S/C25H25Cl2N3O4/c1-4-17(31)10-14-7-8-34-13-19(14)30-25-28-12-16-9-15(5-6-18(16)29-25)22-23(26)20(32-2)11-21(33-3)24(22)27/h4-6,9,11-12,14,19H,1,7-8,10,13H2,2-3H3,(H,28,29,30)/t14-,19-/m1/s1. The second-order valence-electron chi connectivity index (χ2n) is 8.00. The first-order chi connectivity index (χ1) is 16.4. The third-order valence-corrected chi connectivity index (χ3v) is 6.70. The lowest BCUT2D eigenvalue weighted by molar-refractivity contribution is -0.116. The summed E-state index contributed by atoms with van der Waals surface area (Å²) >= 11 is 13.1. The van der Waals surface area contributed by atoms with Crippen molar-refractivity contribution in [1.82, 2.24) is 9.97 Å². The van der Waals surface area contributed by atoms with Gasteiger partial charge in [-0.05, 0) is 36.1 Å². The largest absolute Gasteiger partial charge is 0.495 e. The van der Waals surface area contributed by atoms with E-state index in [0.29, 0.717) is 52.7 Å². The van der Waals surface area contributed by atoms with Crippen LogP contribution < -0.4 is 14.8 Å². The summed E-state index contributed by atoms with van der Waals surface area (Å²) < 4.78 is 16.4. The number of ether oxygens (including phenoxy) is 3. The number of halogens is 2. The number of anilines is 1. The number of nitrogens with zero attached hydrogens (tertiary/aromatic N) is 2. The quantitative estimate of drug-likeness (QED) is 0.403. The molecule has 0 spiro atoms. The molecule has 0 saturated carbocycles. The number of allylic oxidation sites excluding steroid dienone is 1. The lowest BCUT2D eigenvalue weighted by atomic mass is 9.90. The number of fused-ring (bicyclic) bond motifs is 1. The van der Waals surface area contributed by atoms with E-state index in [1.165, 1.54) is 20.3 Å². The van der Waals surface area contributed by atoms with Crippen molar-refractivity contribution >= 4 is 45.8 Å². The molecule has 0 radical (unpaired) electrons. The van der Waals surface area contributed by atoms with Crippen LogP contribution >= 0.6 is 23.2 Å². The number of methoxy groups -OCH3 is 2. The van der Waals surface area contributed by atoms with Gasteiger partial charge in [-0.15, -0.1) is 0 Å². The summed E-state index contributed by atoms with van der Waals surface area (Å²) in [7, 11) is 3.08. The summed E-state index contributed by atoms with van der Waals surface area (Å²) in [4.78, 5) is 21.0. The maximum absolute atomic E-state index is 11.9. The molecule has 0 unspecified atom stereocenters. The monoisotopic (exact) mass is 501 g/mol. The Morgan fingerprint density at radius 1 is 1.24 bits per heavy atom. The zero-order valence-electron chi connectivity index (χ0n) is 18.9. The van der Waals surface area contributed by atoms with Gasteiger partial charge < -0.3 is 19.5 Å². The van der Waals surface area contributed by atoms with Crippen LogP contribution in [0, 0.1) is 5.92 Å². The molecular weight excluding hydrogens is 477 g/mol. The number of benzene rings is 2. The lowest BCUT2D eigenvalue weighted by Gasteiger charge is -2.31. The van der Waals surface area contributed by atoms with E-state index in [2.05, 4.69) is 21.9 Å². The van der Waals surface area contributed by atoms with E-state index >= 15 is 0 Å². The van der Waals surface area contributed by atoms with Crippen LogP contribution in [-0.2, 0) is 9.53 Å². The number of hydrogen-bond donors (Lipinski definition) is 1. The van der Waals surface area contributed by atoms with Crippen molar-refractivity contribution in [3.8, 4) is 22.6 Å². The fourth-order valence-corrected chi connectivity index (χ4v) is 4.81. The van der Waals surface area contributed by atoms with Crippen molar-refractivity contribution < 1.29 is 19.0 Å². The summed E-state index contributed by atoms with van der Waals surface area (Å²) in [5.41, 5.74) is 2.14. The molecule has 1 aliphatic heterocycles. The van der Waals surface area contributed by atoms with Crippen LogP contribution in [0.15, 0.2) is 43.1 Å². The van der Waals surface area contributed by atoms with E-state index < -0.39 is 0 Å². The second kappa shape index (κ2) is 10.6. The number of carbonyl (C=O) groups is 1. The second-order valence-corrected chi connectivity index (χ2v) is 8.76. The zero-order valence-corrected chi connectivity index (χ0v) is 20.4. The first-order valence-corrected chi connectivity index (χ1v) is 11.6.